The smallest absolute Gasteiger partial charge is 0.0932 e. The Morgan fingerprint density at radius 1 is 1.21 bits per heavy atom. The second-order valence-corrected chi connectivity index (χ2v) is 5.29. The second-order valence-electron chi connectivity index (χ2n) is 4.21. The fraction of sp³-hybridized carbons (Fsp3) is 0.333. The standard InChI is InChI=1S/C12H14OS/c1-8-4-5-10-9(6-8)7-11(14-10)12(2,3)13/h4-7,13H,1-3H3. The van der Waals surface area contributed by atoms with Gasteiger partial charge in [-0.3, -0.25) is 0 Å². The molecular weight excluding hydrogens is 192 g/mol. The molecule has 2 aromatic rings. The van der Waals surface area contributed by atoms with E-state index in [0.717, 1.165) is 4.88 Å². The molecule has 1 N–H and O–H groups in total. The summed E-state index contributed by atoms with van der Waals surface area (Å²) >= 11 is 1.66. The lowest BCUT2D eigenvalue weighted by Gasteiger charge is -2.13. The van der Waals surface area contributed by atoms with E-state index in [0.29, 0.717) is 0 Å². The summed E-state index contributed by atoms with van der Waals surface area (Å²) in [7, 11) is 0. The number of aliphatic hydroxyl groups is 1. The van der Waals surface area contributed by atoms with Gasteiger partial charge in [0.25, 0.3) is 0 Å². The van der Waals surface area contributed by atoms with Crippen molar-refractivity contribution in [3.05, 3.63) is 34.7 Å². The summed E-state index contributed by atoms with van der Waals surface area (Å²) in [4.78, 5) is 1.03. The molecule has 1 heterocycles. The molecule has 0 aliphatic carbocycles. The molecule has 2 rings (SSSR count). The van der Waals surface area contributed by atoms with Crippen LogP contribution in [-0.4, -0.2) is 5.11 Å². The normalized spacial score (nSPS) is 12.3. The van der Waals surface area contributed by atoms with E-state index in [-0.39, 0.29) is 0 Å². The highest BCUT2D eigenvalue weighted by Crippen LogP contribution is 2.33. The largest absolute Gasteiger partial charge is 0.385 e. The molecule has 74 valence electrons. The van der Waals surface area contributed by atoms with Crippen molar-refractivity contribution in [2.24, 2.45) is 0 Å². The number of hydrogen-bond donors (Lipinski definition) is 1. The van der Waals surface area contributed by atoms with Crippen LogP contribution in [0, 0.1) is 6.92 Å². The first-order valence-electron chi connectivity index (χ1n) is 4.70. The van der Waals surface area contributed by atoms with E-state index in [1.165, 1.54) is 15.6 Å². The minimum Gasteiger partial charge on any atom is -0.385 e. The van der Waals surface area contributed by atoms with E-state index in [1.807, 2.05) is 13.8 Å². The van der Waals surface area contributed by atoms with Crippen LogP contribution in [0.15, 0.2) is 24.3 Å². The molecule has 14 heavy (non-hydrogen) atoms. The van der Waals surface area contributed by atoms with Crippen LogP contribution in [0.25, 0.3) is 10.1 Å². The number of benzene rings is 1. The van der Waals surface area contributed by atoms with Gasteiger partial charge in [-0.15, -0.1) is 11.3 Å². The van der Waals surface area contributed by atoms with Crippen molar-refractivity contribution in [2.75, 3.05) is 0 Å². The predicted molar refractivity (Wildman–Crippen MR) is 61.8 cm³/mol. The summed E-state index contributed by atoms with van der Waals surface area (Å²) in [6.45, 7) is 5.73. The summed E-state index contributed by atoms with van der Waals surface area (Å²) in [6.07, 6.45) is 0. The molecule has 0 saturated carbocycles. The minimum absolute atomic E-state index is 0.725. The van der Waals surface area contributed by atoms with Crippen molar-refractivity contribution >= 4 is 21.4 Å². The molecule has 0 aliphatic rings. The summed E-state index contributed by atoms with van der Waals surface area (Å²) in [5.74, 6) is 0. The van der Waals surface area contributed by atoms with E-state index in [1.54, 1.807) is 11.3 Å². The van der Waals surface area contributed by atoms with Gasteiger partial charge < -0.3 is 5.11 Å². The van der Waals surface area contributed by atoms with Crippen LogP contribution in [0.3, 0.4) is 0 Å². The van der Waals surface area contributed by atoms with Gasteiger partial charge in [0.15, 0.2) is 0 Å². The zero-order chi connectivity index (χ0) is 10.3. The predicted octanol–water partition coefficient (Wildman–Crippen LogP) is 3.44. The molecule has 1 aromatic heterocycles. The third-order valence-corrected chi connectivity index (χ3v) is 3.70. The number of rotatable bonds is 1. The van der Waals surface area contributed by atoms with Crippen molar-refractivity contribution in [1.29, 1.82) is 0 Å². The van der Waals surface area contributed by atoms with Gasteiger partial charge in [0.05, 0.1) is 5.60 Å². The summed E-state index contributed by atoms with van der Waals surface area (Å²) in [6, 6.07) is 8.45. The Labute approximate surface area is 88.0 Å². The van der Waals surface area contributed by atoms with E-state index in [9.17, 15) is 5.11 Å². The topological polar surface area (TPSA) is 20.2 Å². The Morgan fingerprint density at radius 3 is 2.57 bits per heavy atom. The zero-order valence-electron chi connectivity index (χ0n) is 8.66. The van der Waals surface area contributed by atoms with E-state index in [4.69, 9.17) is 0 Å². The highest BCUT2D eigenvalue weighted by atomic mass is 32.1. The van der Waals surface area contributed by atoms with Crippen molar-refractivity contribution in [1.82, 2.24) is 0 Å². The highest BCUT2D eigenvalue weighted by molar-refractivity contribution is 7.19. The average molecular weight is 206 g/mol. The maximum Gasteiger partial charge on any atom is 0.0932 e. The molecule has 0 aliphatic heterocycles. The molecule has 0 saturated heterocycles. The van der Waals surface area contributed by atoms with Gasteiger partial charge in [-0.1, -0.05) is 17.7 Å². The Hall–Kier alpha value is -0.860. The quantitative estimate of drug-likeness (QED) is 0.757. The van der Waals surface area contributed by atoms with Crippen LogP contribution in [-0.2, 0) is 5.60 Å². The molecule has 0 bridgehead atoms. The lowest BCUT2D eigenvalue weighted by atomic mass is 10.1. The van der Waals surface area contributed by atoms with Crippen molar-refractivity contribution in [3.63, 3.8) is 0 Å². The Bertz CT molecular complexity index is 463. The van der Waals surface area contributed by atoms with Crippen molar-refractivity contribution < 1.29 is 5.11 Å². The highest BCUT2D eigenvalue weighted by Gasteiger charge is 2.18. The van der Waals surface area contributed by atoms with Crippen LogP contribution >= 0.6 is 11.3 Å². The summed E-state index contributed by atoms with van der Waals surface area (Å²) in [5.41, 5.74) is 0.537. The molecule has 2 heteroatoms. The van der Waals surface area contributed by atoms with Crippen LogP contribution in [0.1, 0.15) is 24.3 Å². The fourth-order valence-electron chi connectivity index (χ4n) is 1.46. The molecule has 0 fully saturated rings. The summed E-state index contributed by atoms with van der Waals surface area (Å²) < 4.78 is 1.24. The van der Waals surface area contributed by atoms with Crippen LogP contribution in [0.4, 0.5) is 0 Å². The van der Waals surface area contributed by atoms with Gasteiger partial charge in [-0.25, -0.2) is 0 Å². The van der Waals surface area contributed by atoms with Gasteiger partial charge in [0.1, 0.15) is 0 Å². The van der Waals surface area contributed by atoms with Crippen LogP contribution in [0.2, 0.25) is 0 Å². The first kappa shape index (κ1) is 9.69. The minimum atomic E-state index is -0.725. The van der Waals surface area contributed by atoms with Gasteiger partial charge in [0, 0.05) is 9.58 Å². The first-order chi connectivity index (χ1) is 6.47. The third-order valence-electron chi connectivity index (χ3n) is 2.27. The SMILES string of the molecule is Cc1ccc2sc(C(C)(C)O)cc2c1. The van der Waals surface area contributed by atoms with Crippen molar-refractivity contribution in [3.8, 4) is 0 Å². The maximum absolute atomic E-state index is 9.87. The number of thiophene rings is 1. The average Bonchev–Trinajstić information content (AvgIpc) is 2.45. The van der Waals surface area contributed by atoms with Gasteiger partial charge in [0.2, 0.25) is 0 Å². The van der Waals surface area contributed by atoms with E-state index in [2.05, 4.69) is 31.2 Å². The zero-order valence-corrected chi connectivity index (χ0v) is 9.48. The molecule has 0 spiro atoms. The van der Waals surface area contributed by atoms with E-state index >= 15 is 0 Å². The van der Waals surface area contributed by atoms with Crippen molar-refractivity contribution in [2.45, 2.75) is 26.4 Å². The fourth-order valence-corrected chi connectivity index (χ4v) is 2.51. The monoisotopic (exact) mass is 206 g/mol. The Balaban J connectivity index is 2.63. The van der Waals surface area contributed by atoms with E-state index < -0.39 is 5.60 Å². The Morgan fingerprint density at radius 2 is 1.93 bits per heavy atom. The maximum atomic E-state index is 9.87. The first-order valence-corrected chi connectivity index (χ1v) is 5.51. The molecule has 1 nitrogen and oxygen atoms in total. The molecule has 0 radical (unpaired) electrons. The third kappa shape index (κ3) is 1.68. The Kier molecular flexibility index (Phi) is 2.13. The number of hydrogen-bond acceptors (Lipinski definition) is 2. The molecule has 1 aromatic carbocycles. The second kappa shape index (κ2) is 3.07. The number of fused-ring (bicyclic) bond motifs is 1. The number of aryl methyl sites for hydroxylation is 1. The molecule has 0 unspecified atom stereocenters. The van der Waals surface area contributed by atoms with Gasteiger partial charge in [-0.05, 0) is 38.3 Å². The van der Waals surface area contributed by atoms with Crippen LogP contribution < -0.4 is 0 Å². The van der Waals surface area contributed by atoms with Crippen LogP contribution in [0.5, 0.6) is 0 Å². The lowest BCUT2D eigenvalue weighted by molar-refractivity contribution is 0.0826. The molecule has 0 atom stereocenters. The lowest BCUT2D eigenvalue weighted by Crippen LogP contribution is -2.12. The molecule has 0 amide bonds. The molecular formula is C12H14OS. The van der Waals surface area contributed by atoms with Gasteiger partial charge >= 0.3 is 0 Å². The van der Waals surface area contributed by atoms with Gasteiger partial charge in [-0.2, -0.15) is 0 Å². The summed E-state index contributed by atoms with van der Waals surface area (Å²) in [5, 5.41) is 11.1.